The predicted octanol–water partition coefficient (Wildman–Crippen LogP) is 2.21. The molecule has 3 heteroatoms. The highest BCUT2D eigenvalue weighted by molar-refractivity contribution is 5.27. The molecule has 0 aliphatic carbocycles. The average molecular weight is 235 g/mol. The molecule has 2 rings (SSSR count). The fourth-order valence-electron chi connectivity index (χ4n) is 2.15. The van der Waals surface area contributed by atoms with E-state index in [1.165, 1.54) is 12.0 Å². The fraction of sp³-hybridized carbons (Fsp3) is 0.571. The van der Waals surface area contributed by atoms with Gasteiger partial charge in [0.1, 0.15) is 5.75 Å². The van der Waals surface area contributed by atoms with Gasteiger partial charge in [0.05, 0.1) is 19.8 Å². The molecule has 1 aliphatic rings. The first-order valence-electron chi connectivity index (χ1n) is 6.25. The molecule has 0 aromatic heterocycles. The van der Waals surface area contributed by atoms with Gasteiger partial charge < -0.3 is 14.8 Å². The second-order valence-corrected chi connectivity index (χ2v) is 4.67. The Morgan fingerprint density at radius 2 is 2.29 bits per heavy atom. The Hall–Kier alpha value is -1.06. The highest BCUT2D eigenvalue weighted by Gasteiger charge is 2.21. The van der Waals surface area contributed by atoms with Crippen molar-refractivity contribution in [3.05, 3.63) is 29.8 Å². The molecule has 2 unspecified atom stereocenters. The molecule has 1 fully saturated rings. The lowest BCUT2D eigenvalue weighted by Gasteiger charge is -2.29. The summed E-state index contributed by atoms with van der Waals surface area (Å²) in [6.07, 6.45) is 1.53. The lowest BCUT2D eigenvalue weighted by atomic mass is 9.97. The van der Waals surface area contributed by atoms with E-state index in [9.17, 15) is 0 Å². The first kappa shape index (κ1) is 12.4. The van der Waals surface area contributed by atoms with Crippen LogP contribution in [-0.2, 0) is 11.3 Å². The van der Waals surface area contributed by atoms with E-state index in [-0.39, 0.29) is 0 Å². The third-order valence-electron chi connectivity index (χ3n) is 3.35. The minimum Gasteiger partial charge on any atom is -0.497 e. The van der Waals surface area contributed by atoms with Crippen LogP contribution in [0.25, 0.3) is 0 Å². The highest BCUT2D eigenvalue weighted by Crippen LogP contribution is 2.18. The van der Waals surface area contributed by atoms with E-state index < -0.39 is 0 Å². The first-order valence-corrected chi connectivity index (χ1v) is 6.25. The van der Waals surface area contributed by atoms with Gasteiger partial charge in [0, 0.05) is 6.54 Å². The Morgan fingerprint density at radius 3 is 3.06 bits per heavy atom. The highest BCUT2D eigenvalue weighted by atomic mass is 16.5. The summed E-state index contributed by atoms with van der Waals surface area (Å²) in [6, 6.07) is 8.05. The largest absolute Gasteiger partial charge is 0.497 e. The van der Waals surface area contributed by atoms with Crippen LogP contribution in [0.3, 0.4) is 0 Å². The van der Waals surface area contributed by atoms with Crippen molar-refractivity contribution >= 4 is 0 Å². The van der Waals surface area contributed by atoms with E-state index >= 15 is 0 Å². The van der Waals surface area contributed by atoms with Crippen LogP contribution >= 0.6 is 0 Å². The van der Waals surface area contributed by atoms with Gasteiger partial charge in [0.2, 0.25) is 0 Å². The summed E-state index contributed by atoms with van der Waals surface area (Å²) < 4.78 is 11.2. The van der Waals surface area contributed by atoms with Crippen LogP contribution in [0.1, 0.15) is 18.9 Å². The van der Waals surface area contributed by atoms with Gasteiger partial charge >= 0.3 is 0 Å². The van der Waals surface area contributed by atoms with Crippen LogP contribution < -0.4 is 10.1 Å². The monoisotopic (exact) mass is 235 g/mol. The number of ether oxygens (including phenoxy) is 2. The van der Waals surface area contributed by atoms with Crippen molar-refractivity contribution in [1.29, 1.82) is 0 Å². The van der Waals surface area contributed by atoms with Crippen molar-refractivity contribution in [2.75, 3.05) is 20.2 Å². The number of hydrogen-bond donors (Lipinski definition) is 1. The molecular weight excluding hydrogens is 214 g/mol. The van der Waals surface area contributed by atoms with Crippen molar-refractivity contribution in [2.24, 2.45) is 5.92 Å². The van der Waals surface area contributed by atoms with Crippen molar-refractivity contribution in [1.82, 2.24) is 5.32 Å². The zero-order valence-electron chi connectivity index (χ0n) is 10.6. The fourth-order valence-corrected chi connectivity index (χ4v) is 2.15. The summed E-state index contributed by atoms with van der Waals surface area (Å²) in [5.74, 6) is 1.53. The molecule has 1 aliphatic heterocycles. The topological polar surface area (TPSA) is 30.5 Å². The second kappa shape index (κ2) is 6.03. The normalized spacial score (nSPS) is 24.6. The lowest BCUT2D eigenvalue weighted by molar-refractivity contribution is -0.00663. The zero-order chi connectivity index (χ0) is 12.1. The third-order valence-corrected chi connectivity index (χ3v) is 3.35. The number of benzene rings is 1. The summed E-state index contributed by atoms with van der Waals surface area (Å²) in [7, 11) is 1.69. The summed E-state index contributed by atoms with van der Waals surface area (Å²) in [5, 5.41) is 3.37. The minimum atomic E-state index is 0.329. The van der Waals surface area contributed by atoms with E-state index in [1.807, 2.05) is 18.2 Å². The Labute approximate surface area is 103 Å². The molecule has 0 bridgehead atoms. The van der Waals surface area contributed by atoms with Gasteiger partial charge in [-0.25, -0.2) is 0 Å². The van der Waals surface area contributed by atoms with E-state index in [0.717, 1.165) is 18.8 Å². The molecule has 1 aromatic carbocycles. The van der Waals surface area contributed by atoms with E-state index in [1.54, 1.807) is 7.11 Å². The molecule has 2 atom stereocenters. The van der Waals surface area contributed by atoms with Crippen LogP contribution in [0, 0.1) is 5.92 Å². The van der Waals surface area contributed by atoms with Crippen LogP contribution in [0.2, 0.25) is 0 Å². The van der Waals surface area contributed by atoms with Crippen LogP contribution in [0.4, 0.5) is 0 Å². The molecule has 1 N–H and O–H groups in total. The number of hydrogen-bond acceptors (Lipinski definition) is 3. The van der Waals surface area contributed by atoms with E-state index in [4.69, 9.17) is 9.47 Å². The van der Waals surface area contributed by atoms with Gasteiger partial charge in [0.25, 0.3) is 0 Å². The molecule has 0 spiro atoms. The van der Waals surface area contributed by atoms with E-state index in [2.05, 4.69) is 18.3 Å². The van der Waals surface area contributed by atoms with Gasteiger partial charge in [-0.05, 0) is 36.6 Å². The summed E-state index contributed by atoms with van der Waals surface area (Å²) in [6.45, 7) is 5.00. The maximum atomic E-state index is 5.96. The summed E-state index contributed by atoms with van der Waals surface area (Å²) >= 11 is 0. The quantitative estimate of drug-likeness (QED) is 0.868. The predicted molar refractivity (Wildman–Crippen MR) is 68.2 cm³/mol. The van der Waals surface area contributed by atoms with Gasteiger partial charge in [0.15, 0.2) is 0 Å². The third kappa shape index (κ3) is 3.45. The zero-order valence-corrected chi connectivity index (χ0v) is 10.6. The van der Waals surface area contributed by atoms with Gasteiger partial charge in [-0.1, -0.05) is 19.1 Å². The number of nitrogens with one attached hydrogen (secondary N) is 1. The number of piperidine rings is 1. The molecule has 0 saturated carbocycles. The average Bonchev–Trinajstić information content (AvgIpc) is 2.38. The van der Waals surface area contributed by atoms with Gasteiger partial charge in [-0.3, -0.25) is 0 Å². The maximum absolute atomic E-state index is 5.96. The molecule has 3 nitrogen and oxygen atoms in total. The van der Waals surface area contributed by atoms with Crippen molar-refractivity contribution in [2.45, 2.75) is 26.1 Å². The Balaban J connectivity index is 1.88. The van der Waals surface area contributed by atoms with E-state index in [0.29, 0.717) is 18.6 Å². The van der Waals surface area contributed by atoms with Gasteiger partial charge in [-0.2, -0.15) is 0 Å². The number of methoxy groups -OCH3 is 1. The molecule has 1 heterocycles. The van der Waals surface area contributed by atoms with Crippen molar-refractivity contribution < 1.29 is 9.47 Å². The van der Waals surface area contributed by atoms with Gasteiger partial charge in [-0.15, -0.1) is 0 Å². The van der Waals surface area contributed by atoms with Crippen molar-refractivity contribution in [3.63, 3.8) is 0 Å². The number of rotatable bonds is 4. The summed E-state index contributed by atoms with van der Waals surface area (Å²) in [4.78, 5) is 0. The summed E-state index contributed by atoms with van der Waals surface area (Å²) in [5.41, 5.74) is 1.17. The molecule has 0 radical (unpaired) electrons. The Morgan fingerprint density at radius 1 is 1.41 bits per heavy atom. The molecule has 94 valence electrons. The van der Waals surface area contributed by atoms with Crippen molar-refractivity contribution in [3.8, 4) is 5.75 Å². The molecule has 1 saturated heterocycles. The van der Waals surface area contributed by atoms with Crippen LogP contribution in [0.15, 0.2) is 24.3 Å². The Kier molecular flexibility index (Phi) is 4.40. The molecular formula is C14H21NO2. The molecule has 1 aromatic rings. The smallest absolute Gasteiger partial charge is 0.119 e. The minimum absolute atomic E-state index is 0.329. The van der Waals surface area contributed by atoms with Crippen LogP contribution in [-0.4, -0.2) is 26.3 Å². The lowest BCUT2D eigenvalue weighted by Crippen LogP contribution is -2.40. The molecule has 17 heavy (non-hydrogen) atoms. The first-order chi connectivity index (χ1) is 8.29. The SMILES string of the molecule is COc1cccc(COC2CNCCC2C)c1. The maximum Gasteiger partial charge on any atom is 0.119 e. The second-order valence-electron chi connectivity index (χ2n) is 4.67. The van der Waals surface area contributed by atoms with Crippen LogP contribution in [0.5, 0.6) is 5.75 Å². The standard InChI is InChI=1S/C14H21NO2/c1-11-6-7-15-9-14(11)17-10-12-4-3-5-13(8-12)16-2/h3-5,8,11,14-15H,6-7,9-10H2,1-2H3. The Bertz CT molecular complexity index is 354. The molecule has 0 amide bonds.